The zero-order chi connectivity index (χ0) is 26.2. The molecule has 2 N–H and O–H groups in total. The van der Waals surface area contributed by atoms with E-state index < -0.39 is 18.0 Å². The Bertz CT molecular complexity index is 1390. The molecule has 4 rings (SSSR count). The minimum Gasteiger partial charge on any atom is -0.447 e. The minimum absolute atomic E-state index is 0.0294. The fourth-order valence-corrected chi connectivity index (χ4v) is 4.00. The number of aromatic nitrogens is 2. The van der Waals surface area contributed by atoms with Crippen LogP contribution in [0, 0.1) is 5.82 Å². The third kappa shape index (κ3) is 6.99. The van der Waals surface area contributed by atoms with E-state index in [-0.39, 0.29) is 24.1 Å². The van der Waals surface area contributed by atoms with Gasteiger partial charge in [0.25, 0.3) is 0 Å². The van der Waals surface area contributed by atoms with E-state index in [1.165, 1.54) is 24.1 Å². The lowest BCUT2D eigenvalue weighted by Crippen LogP contribution is -2.51. The maximum absolute atomic E-state index is 13.9. The first-order valence-corrected chi connectivity index (χ1v) is 11.9. The molecule has 37 heavy (non-hydrogen) atoms. The molecule has 1 atom stereocenters. The van der Waals surface area contributed by atoms with Crippen molar-refractivity contribution < 1.29 is 18.7 Å². The number of pyridine rings is 2. The van der Waals surface area contributed by atoms with Crippen molar-refractivity contribution in [2.75, 3.05) is 11.9 Å². The van der Waals surface area contributed by atoms with Gasteiger partial charge in [-0.25, -0.2) is 19.6 Å². The van der Waals surface area contributed by atoms with E-state index in [0.717, 1.165) is 10.8 Å². The molecule has 0 aliphatic heterocycles. The highest BCUT2D eigenvalue weighted by Gasteiger charge is 2.24. The number of carbonyl (C=O) groups is 2. The van der Waals surface area contributed by atoms with Gasteiger partial charge in [-0.15, -0.1) is 0 Å². The molecule has 0 saturated carbocycles. The van der Waals surface area contributed by atoms with Crippen LogP contribution in [-0.4, -0.2) is 39.6 Å². The zero-order valence-corrected chi connectivity index (χ0v) is 20.8. The zero-order valence-electron chi connectivity index (χ0n) is 20.0. The summed E-state index contributed by atoms with van der Waals surface area (Å²) in [6.07, 6.45) is 2.88. The first-order valence-electron chi connectivity index (χ1n) is 11.6. The van der Waals surface area contributed by atoms with Crippen LogP contribution in [0.2, 0.25) is 5.02 Å². The van der Waals surface area contributed by atoms with Crippen molar-refractivity contribution in [3.63, 3.8) is 0 Å². The van der Waals surface area contributed by atoms with Crippen LogP contribution in [0.3, 0.4) is 0 Å². The number of amides is 2. The quantitative estimate of drug-likeness (QED) is 0.296. The maximum atomic E-state index is 13.9. The Morgan fingerprint density at radius 1 is 1.05 bits per heavy atom. The Balaban J connectivity index is 1.46. The second-order valence-corrected chi connectivity index (χ2v) is 8.63. The van der Waals surface area contributed by atoms with Crippen LogP contribution in [0.25, 0.3) is 10.8 Å². The lowest BCUT2D eigenvalue weighted by molar-refractivity contribution is -0.136. The van der Waals surface area contributed by atoms with Crippen LogP contribution in [0.4, 0.5) is 15.0 Å². The number of ether oxygens (including phenoxy) is 1. The van der Waals surface area contributed by atoms with Crippen LogP contribution in [0.15, 0.2) is 79.1 Å². The molecule has 4 aromatic rings. The molecule has 0 radical (unpaired) electrons. The van der Waals surface area contributed by atoms with Gasteiger partial charge in [-0.1, -0.05) is 54.1 Å². The van der Waals surface area contributed by atoms with Crippen molar-refractivity contribution in [3.05, 3.63) is 101 Å². The molecule has 10 heteroatoms. The van der Waals surface area contributed by atoms with Gasteiger partial charge in [0.2, 0.25) is 5.91 Å². The van der Waals surface area contributed by atoms with Crippen molar-refractivity contribution >= 4 is 40.2 Å². The normalized spacial score (nSPS) is 11.6. The largest absolute Gasteiger partial charge is 0.447 e. The summed E-state index contributed by atoms with van der Waals surface area (Å²) in [5, 5.41) is 5.80. The maximum Gasteiger partial charge on any atom is 0.412 e. The van der Waals surface area contributed by atoms with E-state index in [1.54, 1.807) is 30.6 Å². The molecule has 0 saturated heterocycles. The van der Waals surface area contributed by atoms with Gasteiger partial charge in [-0.05, 0) is 35.2 Å². The number of rotatable bonds is 9. The summed E-state index contributed by atoms with van der Waals surface area (Å²) in [7, 11) is 0. The molecule has 0 bridgehead atoms. The SMILES string of the molecule is CC(=O)N(NCc1cccc(F)c1Cl)[C@H](COC(=O)Nc1cc2ccccc2cn1)Cc1ccccn1. The predicted octanol–water partition coefficient (Wildman–Crippen LogP) is 5.14. The van der Waals surface area contributed by atoms with Crippen LogP contribution in [0.1, 0.15) is 18.2 Å². The van der Waals surface area contributed by atoms with Gasteiger partial charge in [0.15, 0.2) is 0 Å². The molecule has 0 aliphatic rings. The Morgan fingerprint density at radius 3 is 2.59 bits per heavy atom. The molecule has 2 amide bonds. The highest BCUT2D eigenvalue weighted by molar-refractivity contribution is 6.31. The molecular formula is C27H25ClFN5O3. The monoisotopic (exact) mass is 521 g/mol. The number of halogens is 2. The van der Waals surface area contributed by atoms with Gasteiger partial charge >= 0.3 is 6.09 Å². The third-order valence-electron chi connectivity index (χ3n) is 5.61. The van der Waals surface area contributed by atoms with Gasteiger partial charge in [0.1, 0.15) is 18.2 Å². The highest BCUT2D eigenvalue weighted by Crippen LogP contribution is 2.20. The number of nitrogens with one attached hydrogen (secondary N) is 2. The van der Waals surface area contributed by atoms with Crippen LogP contribution in [-0.2, 0) is 22.5 Å². The molecule has 0 spiro atoms. The van der Waals surface area contributed by atoms with Crippen molar-refractivity contribution in [1.29, 1.82) is 0 Å². The topological polar surface area (TPSA) is 96.5 Å². The number of nitrogens with zero attached hydrogens (tertiary/aromatic N) is 3. The second-order valence-electron chi connectivity index (χ2n) is 8.26. The van der Waals surface area contributed by atoms with Crippen LogP contribution >= 0.6 is 11.6 Å². The Hall–Kier alpha value is -4.08. The number of carbonyl (C=O) groups excluding carboxylic acids is 2. The third-order valence-corrected chi connectivity index (χ3v) is 6.04. The summed E-state index contributed by atoms with van der Waals surface area (Å²) in [6.45, 7) is 1.33. The lowest BCUT2D eigenvalue weighted by atomic mass is 10.1. The molecule has 2 heterocycles. The fraction of sp³-hybridized carbons (Fsp3) is 0.185. The molecule has 0 unspecified atom stereocenters. The van der Waals surface area contributed by atoms with E-state index in [4.69, 9.17) is 16.3 Å². The number of fused-ring (bicyclic) bond motifs is 1. The predicted molar refractivity (Wildman–Crippen MR) is 139 cm³/mol. The number of benzene rings is 2. The van der Waals surface area contributed by atoms with Gasteiger partial charge in [0, 0.05) is 43.4 Å². The molecular weight excluding hydrogens is 497 g/mol. The average molecular weight is 522 g/mol. The van der Waals surface area contributed by atoms with Gasteiger partial charge in [-0.2, -0.15) is 0 Å². The molecule has 2 aromatic heterocycles. The van der Waals surface area contributed by atoms with Crippen molar-refractivity contribution in [2.24, 2.45) is 0 Å². The Morgan fingerprint density at radius 2 is 1.84 bits per heavy atom. The summed E-state index contributed by atoms with van der Waals surface area (Å²) in [5.74, 6) is -0.538. The first kappa shape index (κ1) is 26.0. The number of hydrazine groups is 1. The van der Waals surface area contributed by atoms with Crippen LogP contribution in [0.5, 0.6) is 0 Å². The van der Waals surface area contributed by atoms with Gasteiger partial charge in [-0.3, -0.25) is 20.1 Å². The molecule has 8 nitrogen and oxygen atoms in total. The van der Waals surface area contributed by atoms with Gasteiger partial charge in [0.05, 0.1) is 11.1 Å². The molecule has 0 fully saturated rings. The summed E-state index contributed by atoms with van der Waals surface area (Å²) in [6, 6.07) is 18.7. The lowest BCUT2D eigenvalue weighted by Gasteiger charge is -2.31. The van der Waals surface area contributed by atoms with E-state index in [2.05, 4.69) is 20.7 Å². The minimum atomic E-state index is -0.717. The van der Waals surface area contributed by atoms with Crippen molar-refractivity contribution in [1.82, 2.24) is 20.4 Å². The number of hydrogen-bond donors (Lipinski definition) is 2. The van der Waals surface area contributed by atoms with Gasteiger partial charge < -0.3 is 4.74 Å². The average Bonchev–Trinajstić information content (AvgIpc) is 2.90. The standard InChI is InChI=1S/C27H25ClFN5O3/c1-18(35)34(32-16-21-9-6-11-24(29)26(21)28)23(14-22-10-4-5-12-30-22)17-37-27(36)33-25-13-19-7-2-3-8-20(19)15-31-25/h2-13,15,23,32H,14,16-17H2,1H3,(H,31,33,36)/t23-/m0/s1. The smallest absolute Gasteiger partial charge is 0.412 e. The van der Waals surface area contributed by atoms with Crippen LogP contribution < -0.4 is 10.7 Å². The Labute approximate surface area is 218 Å². The molecule has 190 valence electrons. The number of anilines is 1. The summed E-state index contributed by atoms with van der Waals surface area (Å²) in [4.78, 5) is 33.7. The second kappa shape index (κ2) is 12.2. The Kier molecular flexibility index (Phi) is 8.60. The molecule has 2 aromatic carbocycles. The fourth-order valence-electron chi connectivity index (χ4n) is 3.80. The van der Waals surface area contributed by atoms with E-state index >= 15 is 0 Å². The summed E-state index contributed by atoms with van der Waals surface area (Å²) in [5.41, 5.74) is 4.17. The van der Waals surface area contributed by atoms with E-state index in [1.807, 2.05) is 36.4 Å². The summed E-state index contributed by atoms with van der Waals surface area (Å²) >= 11 is 6.07. The van der Waals surface area contributed by atoms with E-state index in [0.29, 0.717) is 23.5 Å². The van der Waals surface area contributed by atoms with Crippen molar-refractivity contribution in [3.8, 4) is 0 Å². The first-order chi connectivity index (χ1) is 17.9. The number of hydrogen-bond acceptors (Lipinski definition) is 6. The summed E-state index contributed by atoms with van der Waals surface area (Å²) < 4.78 is 19.3. The van der Waals surface area contributed by atoms with Crippen molar-refractivity contribution in [2.45, 2.75) is 25.9 Å². The van der Waals surface area contributed by atoms with E-state index in [9.17, 15) is 14.0 Å². The molecule has 0 aliphatic carbocycles. The highest BCUT2D eigenvalue weighted by atomic mass is 35.5.